The number of amides is 3. The third-order valence-corrected chi connectivity index (χ3v) is 7.24. The number of nitrogens with zero attached hydrogens (tertiary/aromatic N) is 3. The first-order chi connectivity index (χ1) is 13.9. The van der Waals surface area contributed by atoms with Crippen LogP contribution in [0.15, 0.2) is 24.3 Å². The average molecular weight is 419 g/mol. The SMILES string of the molecule is CCC1SC(c2ccc(C)cc2)N(CCN2CCN(C(=O)NC(C)C)CC2)C1=O. The van der Waals surface area contributed by atoms with E-state index in [1.165, 1.54) is 11.1 Å². The van der Waals surface area contributed by atoms with E-state index in [-0.39, 0.29) is 28.6 Å². The predicted octanol–water partition coefficient (Wildman–Crippen LogP) is 3.08. The molecular formula is C22H34N4O2S. The van der Waals surface area contributed by atoms with Gasteiger partial charge in [-0.3, -0.25) is 9.69 Å². The van der Waals surface area contributed by atoms with Gasteiger partial charge < -0.3 is 15.1 Å². The van der Waals surface area contributed by atoms with Crippen molar-refractivity contribution in [3.8, 4) is 0 Å². The van der Waals surface area contributed by atoms with Crippen LogP contribution in [0.25, 0.3) is 0 Å². The first kappa shape index (κ1) is 22.0. The minimum Gasteiger partial charge on any atom is -0.336 e. The maximum absolute atomic E-state index is 12.9. The van der Waals surface area contributed by atoms with Crippen LogP contribution in [0.4, 0.5) is 4.79 Å². The Morgan fingerprint density at radius 1 is 1.14 bits per heavy atom. The van der Waals surface area contributed by atoms with Crippen LogP contribution in [0, 0.1) is 6.92 Å². The highest BCUT2D eigenvalue weighted by atomic mass is 32.2. The minimum atomic E-state index is 0.0241. The Kier molecular flexibility index (Phi) is 7.46. The lowest BCUT2D eigenvalue weighted by molar-refractivity contribution is -0.130. The Hall–Kier alpha value is -1.73. The van der Waals surface area contributed by atoms with E-state index in [0.29, 0.717) is 0 Å². The molecule has 2 aliphatic rings. The third kappa shape index (κ3) is 5.45. The average Bonchev–Trinajstić information content (AvgIpc) is 3.02. The molecule has 6 nitrogen and oxygen atoms in total. The van der Waals surface area contributed by atoms with E-state index >= 15 is 0 Å². The smallest absolute Gasteiger partial charge is 0.317 e. The van der Waals surface area contributed by atoms with Crippen molar-refractivity contribution in [2.75, 3.05) is 39.3 Å². The molecule has 0 spiro atoms. The summed E-state index contributed by atoms with van der Waals surface area (Å²) in [6.07, 6.45) is 0.867. The molecule has 3 amide bonds. The van der Waals surface area contributed by atoms with E-state index in [9.17, 15) is 9.59 Å². The summed E-state index contributed by atoms with van der Waals surface area (Å²) in [6, 6.07) is 8.73. The summed E-state index contributed by atoms with van der Waals surface area (Å²) >= 11 is 1.78. The minimum absolute atomic E-state index is 0.0241. The van der Waals surface area contributed by atoms with Crippen LogP contribution < -0.4 is 5.32 Å². The molecule has 0 radical (unpaired) electrons. The third-order valence-electron chi connectivity index (χ3n) is 5.60. The molecule has 0 saturated carbocycles. The van der Waals surface area contributed by atoms with Gasteiger partial charge in [0.05, 0.1) is 5.25 Å². The van der Waals surface area contributed by atoms with Crippen molar-refractivity contribution in [2.24, 2.45) is 0 Å². The summed E-state index contributed by atoms with van der Waals surface area (Å²) in [6.45, 7) is 12.9. The normalized spacial score (nSPS) is 23.1. The van der Waals surface area contributed by atoms with Gasteiger partial charge in [-0.2, -0.15) is 0 Å². The molecule has 7 heteroatoms. The molecule has 2 unspecified atom stereocenters. The van der Waals surface area contributed by atoms with E-state index < -0.39 is 0 Å². The predicted molar refractivity (Wildman–Crippen MR) is 119 cm³/mol. The fraction of sp³-hybridized carbons (Fsp3) is 0.636. The lowest BCUT2D eigenvalue weighted by Crippen LogP contribution is -2.53. The number of hydrogen-bond acceptors (Lipinski definition) is 4. The molecule has 1 N–H and O–H groups in total. The lowest BCUT2D eigenvalue weighted by atomic mass is 10.1. The van der Waals surface area contributed by atoms with Crippen molar-refractivity contribution in [1.29, 1.82) is 0 Å². The topological polar surface area (TPSA) is 55.9 Å². The number of thioether (sulfide) groups is 1. The second-order valence-electron chi connectivity index (χ2n) is 8.26. The number of carbonyl (C=O) groups excluding carboxylic acids is 2. The Labute approximate surface area is 179 Å². The first-order valence-corrected chi connectivity index (χ1v) is 11.6. The van der Waals surface area contributed by atoms with E-state index in [1.807, 2.05) is 18.7 Å². The van der Waals surface area contributed by atoms with Crippen LogP contribution in [0.2, 0.25) is 0 Å². The summed E-state index contributed by atoms with van der Waals surface area (Å²) in [5, 5.41) is 3.12. The zero-order valence-electron chi connectivity index (χ0n) is 18.1. The number of carbonyl (C=O) groups is 2. The van der Waals surface area contributed by atoms with Gasteiger partial charge in [-0.25, -0.2) is 4.79 Å². The van der Waals surface area contributed by atoms with E-state index in [1.54, 1.807) is 11.8 Å². The molecule has 0 aliphatic carbocycles. The Balaban J connectivity index is 1.56. The fourth-order valence-corrected chi connectivity index (χ4v) is 5.26. The van der Waals surface area contributed by atoms with E-state index in [4.69, 9.17) is 0 Å². The number of aryl methyl sites for hydroxylation is 1. The number of benzene rings is 1. The van der Waals surface area contributed by atoms with Gasteiger partial charge in [0.2, 0.25) is 5.91 Å². The summed E-state index contributed by atoms with van der Waals surface area (Å²) < 4.78 is 0. The highest BCUT2D eigenvalue weighted by molar-refractivity contribution is 8.01. The van der Waals surface area contributed by atoms with Crippen LogP contribution >= 0.6 is 11.8 Å². The summed E-state index contributed by atoms with van der Waals surface area (Å²) in [7, 11) is 0. The Morgan fingerprint density at radius 2 is 1.79 bits per heavy atom. The van der Waals surface area contributed by atoms with Crippen molar-refractivity contribution in [3.63, 3.8) is 0 Å². The fourth-order valence-electron chi connectivity index (χ4n) is 3.84. The zero-order valence-corrected chi connectivity index (χ0v) is 18.9. The Bertz CT molecular complexity index is 701. The molecule has 2 heterocycles. The van der Waals surface area contributed by atoms with Crippen molar-refractivity contribution < 1.29 is 9.59 Å². The summed E-state index contributed by atoms with van der Waals surface area (Å²) in [5.41, 5.74) is 2.45. The van der Waals surface area contributed by atoms with Gasteiger partial charge in [-0.1, -0.05) is 36.8 Å². The van der Waals surface area contributed by atoms with Gasteiger partial charge in [0.15, 0.2) is 0 Å². The van der Waals surface area contributed by atoms with E-state index in [0.717, 1.165) is 45.7 Å². The van der Waals surface area contributed by atoms with Gasteiger partial charge in [-0.15, -0.1) is 11.8 Å². The van der Waals surface area contributed by atoms with Crippen LogP contribution in [0.5, 0.6) is 0 Å². The second kappa shape index (κ2) is 9.85. The molecule has 1 aromatic rings. The second-order valence-corrected chi connectivity index (χ2v) is 9.55. The molecule has 2 fully saturated rings. The van der Waals surface area contributed by atoms with Crippen molar-refractivity contribution in [2.45, 2.75) is 50.8 Å². The van der Waals surface area contributed by atoms with Gasteiger partial charge in [0.1, 0.15) is 5.37 Å². The quantitative estimate of drug-likeness (QED) is 0.771. The summed E-state index contributed by atoms with van der Waals surface area (Å²) in [4.78, 5) is 31.4. The maximum Gasteiger partial charge on any atom is 0.317 e. The first-order valence-electron chi connectivity index (χ1n) is 10.7. The Morgan fingerprint density at radius 3 is 2.38 bits per heavy atom. The van der Waals surface area contributed by atoms with Gasteiger partial charge in [0, 0.05) is 45.3 Å². The molecule has 160 valence electrons. The molecular weight excluding hydrogens is 384 g/mol. The molecule has 0 bridgehead atoms. The van der Waals surface area contributed by atoms with Gasteiger partial charge in [0.25, 0.3) is 0 Å². The van der Waals surface area contributed by atoms with E-state index in [2.05, 4.69) is 53.2 Å². The van der Waals surface area contributed by atoms with Crippen LogP contribution in [0.1, 0.15) is 43.7 Å². The molecule has 2 saturated heterocycles. The van der Waals surface area contributed by atoms with Crippen LogP contribution in [0.3, 0.4) is 0 Å². The zero-order chi connectivity index (χ0) is 21.0. The van der Waals surface area contributed by atoms with Crippen LogP contribution in [-0.4, -0.2) is 77.2 Å². The molecule has 2 atom stereocenters. The van der Waals surface area contributed by atoms with Crippen molar-refractivity contribution >= 4 is 23.7 Å². The number of nitrogens with one attached hydrogen (secondary N) is 1. The van der Waals surface area contributed by atoms with Gasteiger partial charge >= 0.3 is 6.03 Å². The number of piperazine rings is 1. The molecule has 1 aromatic carbocycles. The molecule has 2 aliphatic heterocycles. The van der Waals surface area contributed by atoms with Crippen LogP contribution in [-0.2, 0) is 4.79 Å². The standard InChI is InChI=1S/C22H34N4O2S/c1-5-19-20(27)26(21(29-19)18-8-6-17(4)7-9-18)15-12-24-10-13-25(14-11-24)22(28)23-16(2)3/h6-9,16,19,21H,5,10-15H2,1-4H3,(H,23,28). The summed E-state index contributed by atoms with van der Waals surface area (Å²) in [5.74, 6) is 0.262. The number of hydrogen-bond donors (Lipinski definition) is 1. The highest BCUT2D eigenvalue weighted by Gasteiger charge is 2.39. The maximum atomic E-state index is 12.9. The number of urea groups is 1. The lowest BCUT2D eigenvalue weighted by Gasteiger charge is -2.36. The highest BCUT2D eigenvalue weighted by Crippen LogP contribution is 2.44. The molecule has 3 rings (SSSR count). The monoisotopic (exact) mass is 418 g/mol. The van der Waals surface area contributed by atoms with Gasteiger partial charge in [-0.05, 0) is 32.8 Å². The number of rotatable bonds is 6. The van der Waals surface area contributed by atoms with Crippen molar-refractivity contribution in [3.05, 3.63) is 35.4 Å². The molecule has 29 heavy (non-hydrogen) atoms. The van der Waals surface area contributed by atoms with Crippen molar-refractivity contribution in [1.82, 2.24) is 20.0 Å². The largest absolute Gasteiger partial charge is 0.336 e. The molecule has 0 aromatic heterocycles.